The third kappa shape index (κ3) is 5.78. The minimum atomic E-state index is 0.361. The van der Waals surface area contributed by atoms with Crippen molar-refractivity contribution in [3.63, 3.8) is 0 Å². The quantitative estimate of drug-likeness (QED) is 0.754. The van der Waals surface area contributed by atoms with Crippen LogP contribution in [0.15, 0.2) is 0 Å². The molecule has 0 atom stereocenters. The van der Waals surface area contributed by atoms with Crippen molar-refractivity contribution in [3.8, 4) is 0 Å². The number of hydrogen-bond acceptors (Lipinski definition) is 4. The lowest BCUT2D eigenvalue weighted by Crippen LogP contribution is -2.39. The maximum Gasteiger partial charge on any atom is 0.0594 e. The van der Waals surface area contributed by atoms with E-state index >= 15 is 0 Å². The molecule has 0 unspecified atom stereocenters. The van der Waals surface area contributed by atoms with Crippen molar-refractivity contribution in [2.75, 3.05) is 59.1 Å². The van der Waals surface area contributed by atoms with Gasteiger partial charge < -0.3 is 14.7 Å². The highest BCUT2D eigenvalue weighted by molar-refractivity contribution is 4.73. The highest BCUT2D eigenvalue weighted by Gasteiger charge is 2.18. The first kappa shape index (κ1) is 15.2. The largest absolute Gasteiger partial charge is 0.396 e. The van der Waals surface area contributed by atoms with Crippen LogP contribution in [-0.2, 0) is 4.74 Å². The van der Waals surface area contributed by atoms with E-state index in [2.05, 4.69) is 9.80 Å². The Kier molecular flexibility index (Phi) is 7.14. The number of aliphatic hydroxyl groups is 1. The van der Waals surface area contributed by atoms with Gasteiger partial charge >= 0.3 is 0 Å². The number of aliphatic hydroxyl groups excluding tert-OH is 1. The second kappa shape index (κ2) is 8.90. The summed E-state index contributed by atoms with van der Waals surface area (Å²) in [6.45, 7) is 9.43. The molecule has 0 aromatic heterocycles. The molecule has 4 nitrogen and oxygen atoms in total. The maximum absolute atomic E-state index is 8.86. The van der Waals surface area contributed by atoms with E-state index in [1.54, 1.807) is 0 Å². The van der Waals surface area contributed by atoms with Crippen LogP contribution in [0.5, 0.6) is 0 Å². The second-order valence-electron chi connectivity index (χ2n) is 5.96. The zero-order valence-electron chi connectivity index (χ0n) is 12.2. The third-order valence-electron chi connectivity index (χ3n) is 4.53. The molecule has 1 N–H and O–H groups in total. The Morgan fingerprint density at radius 2 is 1.53 bits per heavy atom. The SMILES string of the molecule is OCCCC1CCN(CCCN2CCOCC2)CC1. The van der Waals surface area contributed by atoms with Crippen LogP contribution < -0.4 is 0 Å². The zero-order chi connectivity index (χ0) is 13.3. The van der Waals surface area contributed by atoms with E-state index in [1.165, 1.54) is 51.9 Å². The molecule has 0 saturated carbocycles. The van der Waals surface area contributed by atoms with Crippen LogP contribution in [0.25, 0.3) is 0 Å². The monoisotopic (exact) mass is 270 g/mol. The summed E-state index contributed by atoms with van der Waals surface area (Å²) in [5.74, 6) is 0.864. The molecule has 0 spiro atoms. The second-order valence-corrected chi connectivity index (χ2v) is 5.96. The van der Waals surface area contributed by atoms with Gasteiger partial charge in [-0.1, -0.05) is 0 Å². The molecule has 2 heterocycles. The smallest absolute Gasteiger partial charge is 0.0594 e. The molecular weight excluding hydrogens is 240 g/mol. The summed E-state index contributed by atoms with van der Waals surface area (Å²) in [5.41, 5.74) is 0. The van der Waals surface area contributed by atoms with Gasteiger partial charge in [-0.25, -0.2) is 0 Å². The Labute approximate surface area is 117 Å². The van der Waals surface area contributed by atoms with E-state index < -0.39 is 0 Å². The predicted molar refractivity (Wildman–Crippen MR) is 77.4 cm³/mol. The molecule has 0 aromatic carbocycles. The summed E-state index contributed by atoms with van der Waals surface area (Å²) in [6.07, 6.45) is 6.16. The number of nitrogens with zero attached hydrogens (tertiary/aromatic N) is 2. The number of piperidine rings is 1. The fourth-order valence-corrected chi connectivity index (χ4v) is 3.22. The van der Waals surface area contributed by atoms with E-state index in [0.717, 1.165) is 38.6 Å². The van der Waals surface area contributed by atoms with Gasteiger partial charge in [0.05, 0.1) is 13.2 Å². The average Bonchev–Trinajstić information content (AvgIpc) is 2.47. The molecule has 19 heavy (non-hydrogen) atoms. The molecule has 2 fully saturated rings. The average molecular weight is 270 g/mol. The van der Waals surface area contributed by atoms with Crippen molar-refractivity contribution < 1.29 is 9.84 Å². The molecule has 2 rings (SSSR count). The van der Waals surface area contributed by atoms with Gasteiger partial charge in [0, 0.05) is 19.7 Å². The minimum absolute atomic E-state index is 0.361. The van der Waals surface area contributed by atoms with Crippen LogP contribution in [0.2, 0.25) is 0 Å². The molecule has 0 amide bonds. The van der Waals surface area contributed by atoms with E-state index in [1.807, 2.05) is 0 Å². The molecule has 2 aliphatic rings. The molecule has 0 radical (unpaired) electrons. The summed E-state index contributed by atoms with van der Waals surface area (Å²) >= 11 is 0. The highest BCUT2D eigenvalue weighted by Crippen LogP contribution is 2.21. The van der Waals surface area contributed by atoms with Crippen LogP contribution in [0.3, 0.4) is 0 Å². The molecular formula is C15H30N2O2. The first-order valence-corrected chi connectivity index (χ1v) is 8.02. The summed E-state index contributed by atoms with van der Waals surface area (Å²) in [7, 11) is 0. The lowest BCUT2D eigenvalue weighted by Gasteiger charge is -2.33. The van der Waals surface area contributed by atoms with Crippen LogP contribution >= 0.6 is 0 Å². The molecule has 112 valence electrons. The van der Waals surface area contributed by atoms with E-state index in [4.69, 9.17) is 9.84 Å². The van der Waals surface area contributed by atoms with Crippen molar-refractivity contribution in [2.45, 2.75) is 32.1 Å². The highest BCUT2D eigenvalue weighted by atomic mass is 16.5. The topological polar surface area (TPSA) is 35.9 Å². The first-order valence-electron chi connectivity index (χ1n) is 8.02. The van der Waals surface area contributed by atoms with Gasteiger partial charge in [0.15, 0.2) is 0 Å². The Balaban J connectivity index is 1.50. The summed E-state index contributed by atoms with van der Waals surface area (Å²) in [6, 6.07) is 0. The maximum atomic E-state index is 8.86. The normalized spacial score (nSPS) is 23.8. The Hall–Kier alpha value is -0.160. The van der Waals surface area contributed by atoms with Crippen molar-refractivity contribution in [2.24, 2.45) is 5.92 Å². The zero-order valence-corrected chi connectivity index (χ0v) is 12.2. The lowest BCUT2D eigenvalue weighted by atomic mass is 9.92. The van der Waals surface area contributed by atoms with Gasteiger partial charge in [-0.2, -0.15) is 0 Å². The van der Waals surface area contributed by atoms with Crippen molar-refractivity contribution >= 4 is 0 Å². The third-order valence-corrected chi connectivity index (χ3v) is 4.53. The summed E-state index contributed by atoms with van der Waals surface area (Å²) in [4.78, 5) is 5.15. The fraction of sp³-hybridized carbons (Fsp3) is 1.00. The van der Waals surface area contributed by atoms with E-state index in [9.17, 15) is 0 Å². The molecule has 0 bridgehead atoms. The van der Waals surface area contributed by atoms with Crippen molar-refractivity contribution in [3.05, 3.63) is 0 Å². The molecule has 2 aliphatic heterocycles. The van der Waals surface area contributed by atoms with Gasteiger partial charge in [-0.15, -0.1) is 0 Å². The summed E-state index contributed by atoms with van der Waals surface area (Å²) in [5, 5.41) is 8.86. The number of likely N-dealkylation sites (tertiary alicyclic amines) is 1. The lowest BCUT2D eigenvalue weighted by molar-refractivity contribution is 0.0355. The van der Waals surface area contributed by atoms with Crippen LogP contribution in [0, 0.1) is 5.92 Å². The van der Waals surface area contributed by atoms with Gasteiger partial charge in [-0.05, 0) is 64.2 Å². The van der Waals surface area contributed by atoms with Crippen LogP contribution in [0.1, 0.15) is 32.1 Å². The van der Waals surface area contributed by atoms with Crippen molar-refractivity contribution in [1.29, 1.82) is 0 Å². The van der Waals surface area contributed by atoms with Crippen LogP contribution in [0.4, 0.5) is 0 Å². The standard InChI is InChI=1S/C15H30N2O2/c18-12-1-3-15-4-8-16(9-5-15)6-2-7-17-10-13-19-14-11-17/h15,18H,1-14H2. The van der Waals surface area contributed by atoms with E-state index in [-0.39, 0.29) is 0 Å². The Morgan fingerprint density at radius 3 is 2.16 bits per heavy atom. The summed E-state index contributed by atoms with van der Waals surface area (Å²) < 4.78 is 5.37. The van der Waals surface area contributed by atoms with Crippen LogP contribution in [-0.4, -0.2) is 74.0 Å². The van der Waals surface area contributed by atoms with Gasteiger partial charge in [0.1, 0.15) is 0 Å². The minimum Gasteiger partial charge on any atom is -0.396 e. The number of rotatable bonds is 7. The number of ether oxygens (including phenoxy) is 1. The molecule has 4 heteroatoms. The Bertz CT molecular complexity index is 224. The number of hydrogen-bond donors (Lipinski definition) is 1. The van der Waals surface area contributed by atoms with Crippen molar-refractivity contribution in [1.82, 2.24) is 9.80 Å². The van der Waals surface area contributed by atoms with Gasteiger partial charge in [-0.3, -0.25) is 4.90 Å². The van der Waals surface area contributed by atoms with Gasteiger partial charge in [0.2, 0.25) is 0 Å². The predicted octanol–water partition coefficient (Wildman–Crippen LogP) is 1.19. The molecule has 0 aromatic rings. The Morgan fingerprint density at radius 1 is 0.895 bits per heavy atom. The molecule has 0 aliphatic carbocycles. The fourth-order valence-electron chi connectivity index (χ4n) is 3.22. The van der Waals surface area contributed by atoms with E-state index in [0.29, 0.717) is 6.61 Å². The molecule has 2 saturated heterocycles. The van der Waals surface area contributed by atoms with Gasteiger partial charge in [0.25, 0.3) is 0 Å². The number of morpholine rings is 1. The first-order chi connectivity index (χ1) is 9.38.